The third kappa shape index (κ3) is 3.79. The first-order chi connectivity index (χ1) is 18.3. The van der Waals surface area contributed by atoms with Gasteiger partial charge in [0.25, 0.3) is 0 Å². The molecular weight excluding hydrogens is 514 g/mol. The number of thiol groups is 1. The van der Waals surface area contributed by atoms with Crippen LogP contribution in [0.25, 0.3) is 0 Å². The first-order valence-electron chi connectivity index (χ1n) is 15.6. The molecule has 11 atom stereocenters. The number of amides is 1. The molecule has 0 radical (unpaired) electrons. The molecule has 7 unspecified atom stereocenters. The quantitative estimate of drug-likeness (QED) is 0.377. The van der Waals surface area contributed by atoms with Gasteiger partial charge in [-0.2, -0.15) is 12.6 Å². The number of aliphatic hydroxyl groups excluding tert-OH is 1. The zero-order valence-corrected chi connectivity index (χ0v) is 25.1. The Morgan fingerprint density at radius 3 is 2.46 bits per heavy atom. The Hall–Kier alpha value is -0.540. The van der Waals surface area contributed by atoms with E-state index in [2.05, 4.69) is 19.2 Å². The van der Waals surface area contributed by atoms with Crippen LogP contribution in [0.1, 0.15) is 91.9 Å². The summed E-state index contributed by atoms with van der Waals surface area (Å²) in [5, 5.41) is 24.2. The summed E-state index contributed by atoms with van der Waals surface area (Å²) in [7, 11) is 0. The van der Waals surface area contributed by atoms with Crippen molar-refractivity contribution in [1.82, 2.24) is 5.32 Å². The van der Waals surface area contributed by atoms with Crippen LogP contribution in [0.3, 0.4) is 0 Å². The van der Waals surface area contributed by atoms with Crippen LogP contribution in [0, 0.1) is 39.9 Å². The van der Waals surface area contributed by atoms with E-state index in [1.807, 2.05) is 0 Å². The number of hydrogen-bond acceptors (Lipinski definition) is 7. The van der Waals surface area contributed by atoms with Gasteiger partial charge < -0.3 is 29.7 Å². The summed E-state index contributed by atoms with van der Waals surface area (Å²) in [4.78, 5) is 12.6. The lowest BCUT2D eigenvalue weighted by atomic mass is 9.48. The Balaban J connectivity index is 1.07. The Kier molecular flexibility index (Phi) is 6.12. The number of aliphatic hydroxyl groups is 2. The average molecular weight is 564 g/mol. The molecule has 7 aliphatic rings. The topological polar surface area (TPSA) is 97.2 Å². The fourth-order valence-electron chi connectivity index (χ4n) is 11.4. The molecule has 3 N–H and O–H groups in total. The molecule has 7 fully saturated rings. The molecule has 0 bridgehead atoms. The van der Waals surface area contributed by atoms with E-state index in [0.29, 0.717) is 47.7 Å². The van der Waals surface area contributed by atoms with Crippen molar-refractivity contribution in [3.63, 3.8) is 0 Å². The van der Waals surface area contributed by atoms with Gasteiger partial charge in [0.2, 0.25) is 0 Å². The van der Waals surface area contributed by atoms with Gasteiger partial charge in [-0.05, 0) is 113 Å². The molecular formula is C31H49NO6S. The molecule has 39 heavy (non-hydrogen) atoms. The number of carbonyl (C=O) groups is 1. The monoisotopic (exact) mass is 563 g/mol. The van der Waals surface area contributed by atoms with E-state index in [9.17, 15) is 15.0 Å². The van der Waals surface area contributed by atoms with Crippen LogP contribution in [-0.2, 0) is 14.2 Å². The Morgan fingerprint density at radius 2 is 1.77 bits per heavy atom. The van der Waals surface area contributed by atoms with E-state index in [1.54, 1.807) is 13.8 Å². The Labute approximate surface area is 238 Å². The SMILES string of the molecule is CC(C)(O)[C@@H](O)C1CCC2C(CC3C4CCC5C(C)(C)[C@@H](OC(=O)NC6COC6)CCC56C[C@@]46CC[C@]23S)O1. The summed E-state index contributed by atoms with van der Waals surface area (Å²) < 4.78 is 17.9. The maximum absolute atomic E-state index is 12.6. The highest BCUT2D eigenvalue weighted by molar-refractivity contribution is 7.81. The van der Waals surface area contributed by atoms with Gasteiger partial charge in [-0.1, -0.05) is 13.8 Å². The minimum atomic E-state index is -1.16. The summed E-state index contributed by atoms with van der Waals surface area (Å²) in [5.74, 6) is 2.25. The van der Waals surface area contributed by atoms with E-state index in [4.69, 9.17) is 26.8 Å². The van der Waals surface area contributed by atoms with Crippen molar-refractivity contribution < 1.29 is 29.2 Å². The predicted molar refractivity (Wildman–Crippen MR) is 149 cm³/mol. The second-order valence-corrected chi connectivity index (χ2v) is 16.5. The van der Waals surface area contributed by atoms with Crippen molar-refractivity contribution in [3.05, 3.63) is 0 Å². The molecule has 5 aliphatic carbocycles. The fourth-order valence-corrected chi connectivity index (χ4v) is 12.1. The number of carbonyl (C=O) groups excluding carboxylic acids is 1. The maximum atomic E-state index is 12.6. The Morgan fingerprint density at radius 1 is 1.03 bits per heavy atom. The summed E-state index contributed by atoms with van der Waals surface area (Å²) in [6.45, 7) is 9.22. The zero-order valence-electron chi connectivity index (χ0n) is 24.2. The summed E-state index contributed by atoms with van der Waals surface area (Å²) in [6.07, 6.45) is 9.79. The van der Waals surface area contributed by atoms with Crippen molar-refractivity contribution in [2.24, 2.45) is 39.9 Å². The third-order valence-electron chi connectivity index (χ3n) is 13.3. The number of nitrogens with one attached hydrogen (secondary N) is 1. The molecule has 7 rings (SSSR count). The summed E-state index contributed by atoms with van der Waals surface area (Å²) >= 11 is 5.52. The number of fused-ring (bicyclic) bond motifs is 4. The molecule has 2 spiro atoms. The van der Waals surface area contributed by atoms with Crippen LogP contribution in [0.2, 0.25) is 0 Å². The molecule has 8 heteroatoms. The zero-order chi connectivity index (χ0) is 27.6. The minimum Gasteiger partial charge on any atom is -0.446 e. The molecule has 2 aliphatic heterocycles. The van der Waals surface area contributed by atoms with Gasteiger partial charge in [0.1, 0.15) is 12.2 Å². The van der Waals surface area contributed by atoms with Gasteiger partial charge in [-0.15, -0.1) is 0 Å². The first kappa shape index (κ1) is 27.3. The molecule has 2 heterocycles. The molecule has 220 valence electrons. The molecule has 7 nitrogen and oxygen atoms in total. The van der Waals surface area contributed by atoms with Crippen molar-refractivity contribution in [1.29, 1.82) is 0 Å². The molecule has 5 saturated carbocycles. The van der Waals surface area contributed by atoms with Crippen molar-refractivity contribution in [2.45, 2.75) is 133 Å². The van der Waals surface area contributed by atoms with E-state index >= 15 is 0 Å². The number of rotatable bonds is 4. The number of ether oxygens (including phenoxy) is 3. The van der Waals surface area contributed by atoms with E-state index in [-0.39, 0.29) is 40.6 Å². The second-order valence-electron chi connectivity index (χ2n) is 15.7. The van der Waals surface area contributed by atoms with Gasteiger partial charge in [-0.25, -0.2) is 4.79 Å². The Bertz CT molecular complexity index is 1010. The highest BCUT2D eigenvalue weighted by Crippen LogP contribution is 2.86. The third-order valence-corrected chi connectivity index (χ3v) is 14.2. The van der Waals surface area contributed by atoms with Gasteiger partial charge in [0.15, 0.2) is 0 Å². The summed E-state index contributed by atoms with van der Waals surface area (Å²) in [6, 6.07) is 0.0918. The number of alkyl carbamates (subject to hydrolysis) is 1. The van der Waals surface area contributed by atoms with Crippen LogP contribution >= 0.6 is 12.6 Å². The van der Waals surface area contributed by atoms with Gasteiger partial charge >= 0.3 is 6.09 Å². The van der Waals surface area contributed by atoms with Gasteiger partial charge in [0.05, 0.1) is 37.1 Å². The van der Waals surface area contributed by atoms with Crippen molar-refractivity contribution in [3.8, 4) is 0 Å². The van der Waals surface area contributed by atoms with E-state index in [0.717, 1.165) is 38.5 Å². The fraction of sp³-hybridized carbons (Fsp3) is 0.968. The predicted octanol–water partition coefficient (Wildman–Crippen LogP) is 4.48. The van der Waals surface area contributed by atoms with E-state index in [1.165, 1.54) is 25.7 Å². The van der Waals surface area contributed by atoms with Gasteiger partial charge in [-0.3, -0.25) is 0 Å². The van der Waals surface area contributed by atoms with Crippen LogP contribution in [0.4, 0.5) is 4.79 Å². The minimum absolute atomic E-state index is 0.0149. The second kappa shape index (κ2) is 8.75. The van der Waals surface area contributed by atoms with Crippen LogP contribution < -0.4 is 5.32 Å². The lowest BCUT2D eigenvalue weighted by Crippen LogP contribution is -2.57. The largest absolute Gasteiger partial charge is 0.446 e. The van der Waals surface area contributed by atoms with Crippen LogP contribution in [0.15, 0.2) is 0 Å². The standard InChI is InChI=1S/C31H49NO6S/c1-27(2)23-8-6-18-20-13-22-19(5-7-21(37-22)25(33)28(3,4)35)31(20,39)12-11-29(18)16-30(23,29)10-9-24(27)38-26(34)32-17-14-36-15-17/h17-25,33,35,39H,5-16H2,1-4H3,(H,32,34)/t18?,19?,20?,21?,22?,23?,24-,25-,29-,30?,31-/m0/s1. The molecule has 0 aromatic heterocycles. The smallest absolute Gasteiger partial charge is 0.407 e. The lowest BCUT2D eigenvalue weighted by molar-refractivity contribution is -0.170. The maximum Gasteiger partial charge on any atom is 0.407 e. The summed E-state index contributed by atoms with van der Waals surface area (Å²) in [5.41, 5.74) is -0.421. The molecule has 0 aromatic carbocycles. The van der Waals surface area contributed by atoms with Crippen molar-refractivity contribution in [2.75, 3.05) is 13.2 Å². The highest BCUT2D eigenvalue weighted by atomic mass is 32.1. The van der Waals surface area contributed by atoms with E-state index < -0.39 is 11.7 Å². The number of hydrogen-bond donors (Lipinski definition) is 4. The van der Waals surface area contributed by atoms with Gasteiger partial charge in [0, 0.05) is 10.2 Å². The normalized spacial score (nSPS) is 50.7. The van der Waals surface area contributed by atoms with Crippen molar-refractivity contribution >= 4 is 18.7 Å². The van der Waals surface area contributed by atoms with Crippen LogP contribution in [0.5, 0.6) is 0 Å². The first-order valence-corrected chi connectivity index (χ1v) is 16.1. The highest BCUT2D eigenvalue weighted by Gasteiger charge is 2.81. The molecule has 2 saturated heterocycles. The lowest BCUT2D eigenvalue weighted by Gasteiger charge is -2.59. The average Bonchev–Trinajstić information content (AvgIpc) is 3.42. The molecule has 0 aromatic rings. The molecule has 1 amide bonds. The van der Waals surface area contributed by atoms with Crippen LogP contribution in [-0.4, -0.2) is 70.3 Å².